The van der Waals surface area contributed by atoms with Gasteiger partial charge in [-0.25, -0.2) is 0 Å². The van der Waals surface area contributed by atoms with Crippen LogP contribution in [-0.4, -0.2) is 9.97 Å². The van der Waals surface area contributed by atoms with E-state index >= 15 is 0 Å². The molecular weight excluding hydrogens is 677 g/mol. The van der Waals surface area contributed by atoms with Crippen molar-refractivity contribution in [2.75, 3.05) is 0 Å². The highest BCUT2D eigenvalue weighted by Crippen LogP contribution is 2.43. The Morgan fingerprint density at radius 3 is 0.714 bits per heavy atom. The molecule has 322 valence electrons. The summed E-state index contributed by atoms with van der Waals surface area (Å²) in [5.74, 6) is 0. The Balaban J connectivity index is 2.36. The number of hydrogen-bond donors (Lipinski definition) is 0. The first-order chi connectivity index (χ1) is 27.5. The molecule has 2 aromatic rings. The first-order valence-corrected chi connectivity index (χ1v) is 25.5. The number of hydrogen-bond acceptors (Lipinski definition) is 2. The standard InChI is InChI=1S/C54H96N2/c1-7-13-19-25-27-29-35-45-53(41-31-21-15-9-3,42-32-22-16-10-4)49-37-39-51(55-47-49)52-40-38-50(48-56-52)54(43-33-23-17-11-5,44-34-24-18-12-6)46-36-30-28-26-20-14-8-2/h37-40,47-48H,7-36,41-46H2,1-6H3. The van der Waals surface area contributed by atoms with Crippen molar-refractivity contribution in [3.63, 3.8) is 0 Å². The fourth-order valence-corrected chi connectivity index (χ4v) is 9.74. The molecule has 0 aliphatic rings. The van der Waals surface area contributed by atoms with Gasteiger partial charge in [0, 0.05) is 12.4 Å². The third kappa shape index (κ3) is 20.3. The Morgan fingerprint density at radius 1 is 0.286 bits per heavy atom. The molecule has 0 aliphatic carbocycles. The van der Waals surface area contributed by atoms with Crippen LogP contribution in [0.25, 0.3) is 11.4 Å². The second-order valence-electron chi connectivity index (χ2n) is 18.4. The summed E-state index contributed by atoms with van der Waals surface area (Å²) >= 11 is 0. The van der Waals surface area contributed by atoms with Gasteiger partial charge in [0.15, 0.2) is 0 Å². The fourth-order valence-electron chi connectivity index (χ4n) is 9.74. The summed E-state index contributed by atoms with van der Waals surface area (Å²) in [6.07, 6.45) is 53.4. The Bertz CT molecular complexity index is 1020. The van der Waals surface area contributed by atoms with Crippen LogP contribution in [0.5, 0.6) is 0 Å². The minimum atomic E-state index is 0.263. The molecule has 0 spiro atoms. The quantitative estimate of drug-likeness (QED) is 0.0633. The van der Waals surface area contributed by atoms with Crippen LogP contribution in [0, 0.1) is 0 Å². The average molecular weight is 773 g/mol. The lowest BCUT2D eigenvalue weighted by molar-refractivity contribution is 0.299. The number of unbranched alkanes of at least 4 members (excludes halogenated alkanes) is 24. The van der Waals surface area contributed by atoms with Gasteiger partial charge in [0.25, 0.3) is 0 Å². The van der Waals surface area contributed by atoms with Gasteiger partial charge in [-0.2, -0.15) is 0 Å². The largest absolute Gasteiger partial charge is 0.254 e. The predicted molar refractivity (Wildman–Crippen MR) is 251 cm³/mol. The molecule has 0 aromatic carbocycles. The van der Waals surface area contributed by atoms with E-state index in [9.17, 15) is 0 Å². The molecule has 0 aliphatic heterocycles. The molecule has 0 radical (unpaired) electrons. The van der Waals surface area contributed by atoms with E-state index in [1.165, 1.54) is 242 Å². The van der Waals surface area contributed by atoms with Gasteiger partial charge in [-0.15, -0.1) is 0 Å². The van der Waals surface area contributed by atoms with Gasteiger partial charge in [0.05, 0.1) is 11.4 Å². The van der Waals surface area contributed by atoms with Crippen molar-refractivity contribution < 1.29 is 0 Å². The lowest BCUT2D eigenvalue weighted by atomic mass is 9.69. The van der Waals surface area contributed by atoms with E-state index in [-0.39, 0.29) is 10.8 Å². The van der Waals surface area contributed by atoms with Crippen LogP contribution in [0.2, 0.25) is 0 Å². The van der Waals surface area contributed by atoms with Crippen LogP contribution >= 0.6 is 0 Å². The van der Waals surface area contributed by atoms with E-state index in [0.29, 0.717) is 0 Å². The van der Waals surface area contributed by atoms with E-state index < -0.39 is 0 Å². The zero-order valence-corrected chi connectivity index (χ0v) is 38.8. The van der Waals surface area contributed by atoms with Gasteiger partial charge >= 0.3 is 0 Å². The number of rotatable bonds is 39. The molecule has 2 heterocycles. The maximum Gasteiger partial charge on any atom is 0.0886 e. The van der Waals surface area contributed by atoms with Gasteiger partial charge < -0.3 is 0 Å². The Kier molecular flexibility index (Phi) is 29.9. The normalized spacial score (nSPS) is 12.2. The van der Waals surface area contributed by atoms with Crippen LogP contribution < -0.4 is 0 Å². The van der Waals surface area contributed by atoms with E-state index in [1.54, 1.807) is 0 Å². The molecule has 0 bridgehead atoms. The van der Waals surface area contributed by atoms with Crippen molar-refractivity contribution in [3.8, 4) is 11.4 Å². The molecule has 0 unspecified atom stereocenters. The van der Waals surface area contributed by atoms with Crippen molar-refractivity contribution in [1.82, 2.24) is 9.97 Å². The summed E-state index contributed by atoms with van der Waals surface area (Å²) < 4.78 is 0. The molecular formula is C54H96N2. The smallest absolute Gasteiger partial charge is 0.0886 e. The molecule has 0 N–H and O–H groups in total. The Morgan fingerprint density at radius 2 is 0.500 bits per heavy atom. The molecule has 0 amide bonds. The molecule has 56 heavy (non-hydrogen) atoms. The van der Waals surface area contributed by atoms with E-state index in [1.807, 2.05) is 0 Å². The molecule has 2 rings (SSSR count). The van der Waals surface area contributed by atoms with E-state index in [2.05, 4.69) is 78.2 Å². The minimum Gasteiger partial charge on any atom is -0.254 e. The van der Waals surface area contributed by atoms with E-state index in [0.717, 1.165) is 11.4 Å². The van der Waals surface area contributed by atoms with Gasteiger partial charge in [-0.1, -0.05) is 246 Å². The monoisotopic (exact) mass is 773 g/mol. The van der Waals surface area contributed by atoms with Gasteiger partial charge in [-0.05, 0) is 72.6 Å². The minimum absolute atomic E-state index is 0.263. The van der Waals surface area contributed by atoms with E-state index in [4.69, 9.17) is 9.97 Å². The average Bonchev–Trinajstić information content (AvgIpc) is 3.23. The van der Waals surface area contributed by atoms with Gasteiger partial charge in [0.2, 0.25) is 0 Å². The molecule has 2 heteroatoms. The van der Waals surface area contributed by atoms with Gasteiger partial charge in [-0.3, -0.25) is 9.97 Å². The summed E-state index contributed by atoms with van der Waals surface area (Å²) in [7, 11) is 0. The maximum absolute atomic E-state index is 5.24. The summed E-state index contributed by atoms with van der Waals surface area (Å²) in [6, 6.07) is 9.61. The van der Waals surface area contributed by atoms with Crippen molar-refractivity contribution in [2.45, 2.75) is 284 Å². The Labute approximate surface area is 351 Å². The second kappa shape index (κ2) is 33.2. The summed E-state index contributed by atoms with van der Waals surface area (Å²) in [6.45, 7) is 14.0. The lowest BCUT2D eigenvalue weighted by Gasteiger charge is -2.36. The lowest BCUT2D eigenvalue weighted by Crippen LogP contribution is -2.27. The van der Waals surface area contributed by atoms with Crippen LogP contribution in [-0.2, 0) is 10.8 Å². The topological polar surface area (TPSA) is 25.8 Å². The SMILES string of the molecule is CCCCCCCCCC(CCCCCC)(CCCCCC)c1ccc(-c2ccc(C(CCCCCC)(CCCCCC)CCCCCCCCC)cn2)nc1. The number of nitrogens with zero attached hydrogens (tertiary/aromatic N) is 2. The second-order valence-corrected chi connectivity index (χ2v) is 18.4. The first-order valence-electron chi connectivity index (χ1n) is 25.5. The van der Waals surface area contributed by atoms with Crippen molar-refractivity contribution >= 4 is 0 Å². The fraction of sp³-hybridized carbons (Fsp3) is 0.815. The summed E-state index contributed by atoms with van der Waals surface area (Å²) in [5, 5.41) is 0. The third-order valence-electron chi connectivity index (χ3n) is 13.6. The zero-order valence-electron chi connectivity index (χ0n) is 38.8. The summed E-state index contributed by atoms with van der Waals surface area (Å²) in [4.78, 5) is 10.5. The van der Waals surface area contributed by atoms with Crippen molar-refractivity contribution in [3.05, 3.63) is 47.8 Å². The molecule has 0 saturated heterocycles. The molecule has 2 nitrogen and oxygen atoms in total. The highest BCUT2D eigenvalue weighted by molar-refractivity contribution is 5.55. The first kappa shape index (κ1) is 50.4. The molecule has 0 saturated carbocycles. The zero-order chi connectivity index (χ0) is 40.4. The highest BCUT2D eigenvalue weighted by atomic mass is 14.8. The Hall–Kier alpha value is -1.70. The maximum atomic E-state index is 5.24. The van der Waals surface area contributed by atoms with Crippen LogP contribution in [0.4, 0.5) is 0 Å². The van der Waals surface area contributed by atoms with Crippen LogP contribution in [0.1, 0.15) is 284 Å². The number of pyridine rings is 2. The molecule has 0 atom stereocenters. The number of aromatic nitrogens is 2. The van der Waals surface area contributed by atoms with Crippen LogP contribution in [0.3, 0.4) is 0 Å². The molecule has 0 fully saturated rings. The van der Waals surface area contributed by atoms with Crippen molar-refractivity contribution in [1.29, 1.82) is 0 Å². The predicted octanol–water partition coefficient (Wildman–Crippen LogP) is 18.8. The highest BCUT2D eigenvalue weighted by Gasteiger charge is 2.33. The van der Waals surface area contributed by atoms with Crippen LogP contribution in [0.15, 0.2) is 36.7 Å². The molecule has 2 aromatic heterocycles. The van der Waals surface area contributed by atoms with Crippen molar-refractivity contribution in [2.24, 2.45) is 0 Å². The van der Waals surface area contributed by atoms with Gasteiger partial charge in [0.1, 0.15) is 0 Å². The summed E-state index contributed by atoms with van der Waals surface area (Å²) in [5.41, 5.74) is 5.63. The third-order valence-corrected chi connectivity index (χ3v) is 13.6.